The van der Waals surface area contributed by atoms with Crippen LogP contribution in [0.15, 0.2) is 24.4 Å². The molecule has 1 aliphatic carbocycles. The standard InChI is InChI=1S/C14H14FNO2/c15-11-7-9-3-6-16-12(9)8-10(11)14(13(17)18)4-1-2-5-14/h3,6-8,16H,1-2,4-5H2,(H,17,18). The first-order valence-corrected chi connectivity index (χ1v) is 6.14. The largest absolute Gasteiger partial charge is 0.481 e. The van der Waals surface area contributed by atoms with Crippen LogP contribution in [0.4, 0.5) is 4.39 Å². The predicted octanol–water partition coefficient (Wildman–Crippen LogP) is 3.20. The van der Waals surface area contributed by atoms with Crippen molar-refractivity contribution < 1.29 is 14.3 Å². The van der Waals surface area contributed by atoms with Crippen molar-refractivity contribution >= 4 is 16.9 Å². The third-order valence-electron chi connectivity index (χ3n) is 4.02. The molecule has 0 amide bonds. The molecule has 0 spiro atoms. The van der Waals surface area contributed by atoms with Gasteiger partial charge in [-0.25, -0.2) is 4.39 Å². The van der Waals surface area contributed by atoms with Gasteiger partial charge in [-0.2, -0.15) is 0 Å². The second-order valence-electron chi connectivity index (χ2n) is 4.99. The highest BCUT2D eigenvalue weighted by Gasteiger charge is 2.44. The van der Waals surface area contributed by atoms with Crippen molar-refractivity contribution in [2.24, 2.45) is 0 Å². The molecule has 3 rings (SSSR count). The Hall–Kier alpha value is -1.84. The molecule has 4 heteroatoms. The van der Waals surface area contributed by atoms with Crippen LogP contribution in [0, 0.1) is 5.82 Å². The number of carbonyl (C=O) groups is 1. The van der Waals surface area contributed by atoms with Crippen molar-refractivity contribution in [2.45, 2.75) is 31.1 Å². The number of hydrogen-bond acceptors (Lipinski definition) is 1. The Morgan fingerprint density at radius 2 is 2.06 bits per heavy atom. The van der Waals surface area contributed by atoms with Crippen molar-refractivity contribution in [3.63, 3.8) is 0 Å². The average Bonchev–Trinajstić information content (AvgIpc) is 2.95. The van der Waals surface area contributed by atoms with E-state index >= 15 is 0 Å². The summed E-state index contributed by atoms with van der Waals surface area (Å²) in [6.45, 7) is 0. The van der Waals surface area contributed by atoms with Crippen LogP contribution in [-0.2, 0) is 10.2 Å². The van der Waals surface area contributed by atoms with E-state index in [1.807, 2.05) is 0 Å². The summed E-state index contributed by atoms with van der Waals surface area (Å²) in [5.41, 5.74) is 0.0741. The molecule has 0 radical (unpaired) electrons. The van der Waals surface area contributed by atoms with E-state index in [0.717, 1.165) is 23.7 Å². The van der Waals surface area contributed by atoms with Crippen LogP contribution in [0.1, 0.15) is 31.2 Å². The molecule has 1 heterocycles. The molecule has 18 heavy (non-hydrogen) atoms. The number of fused-ring (bicyclic) bond motifs is 1. The van der Waals surface area contributed by atoms with Crippen LogP contribution in [0.3, 0.4) is 0 Å². The molecule has 0 atom stereocenters. The second-order valence-corrected chi connectivity index (χ2v) is 4.99. The topological polar surface area (TPSA) is 53.1 Å². The third kappa shape index (κ3) is 1.45. The van der Waals surface area contributed by atoms with Crippen LogP contribution in [-0.4, -0.2) is 16.1 Å². The van der Waals surface area contributed by atoms with Gasteiger partial charge in [0.05, 0.1) is 5.41 Å². The SMILES string of the molecule is O=C(O)C1(c2cc3[nH]ccc3cc2F)CCCC1. The minimum atomic E-state index is -1.04. The molecule has 0 unspecified atom stereocenters. The Balaban J connectivity index is 2.22. The van der Waals surface area contributed by atoms with Crippen molar-refractivity contribution in [3.05, 3.63) is 35.8 Å². The molecule has 2 N–H and O–H groups in total. The van der Waals surface area contributed by atoms with Crippen LogP contribution < -0.4 is 0 Å². The van der Waals surface area contributed by atoms with E-state index in [1.54, 1.807) is 18.3 Å². The highest BCUT2D eigenvalue weighted by molar-refractivity contribution is 5.86. The molecular weight excluding hydrogens is 233 g/mol. The minimum Gasteiger partial charge on any atom is -0.481 e. The molecule has 0 bridgehead atoms. The maximum Gasteiger partial charge on any atom is 0.314 e. The Morgan fingerprint density at radius 1 is 1.33 bits per heavy atom. The Labute approximate surface area is 104 Å². The predicted molar refractivity (Wildman–Crippen MR) is 66.0 cm³/mol. The second kappa shape index (κ2) is 3.83. The summed E-state index contributed by atoms with van der Waals surface area (Å²) in [5.74, 6) is -1.32. The van der Waals surface area contributed by atoms with Gasteiger partial charge in [0.2, 0.25) is 0 Å². The van der Waals surface area contributed by atoms with Gasteiger partial charge in [0, 0.05) is 22.7 Å². The van der Waals surface area contributed by atoms with Crippen molar-refractivity contribution in [2.75, 3.05) is 0 Å². The third-order valence-corrected chi connectivity index (χ3v) is 4.02. The first-order valence-electron chi connectivity index (χ1n) is 6.14. The quantitative estimate of drug-likeness (QED) is 0.856. The summed E-state index contributed by atoms with van der Waals surface area (Å²) in [4.78, 5) is 14.6. The molecular formula is C14H14FNO2. The van der Waals surface area contributed by atoms with Gasteiger partial charge in [0.15, 0.2) is 0 Å². The number of aliphatic carboxylic acids is 1. The molecule has 0 aliphatic heterocycles. The molecule has 0 saturated heterocycles. The number of aromatic nitrogens is 1. The Morgan fingerprint density at radius 3 is 2.72 bits per heavy atom. The van der Waals surface area contributed by atoms with Gasteiger partial charge in [-0.05, 0) is 31.0 Å². The number of rotatable bonds is 2. The smallest absolute Gasteiger partial charge is 0.314 e. The van der Waals surface area contributed by atoms with E-state index < -0.39 is 17.2 Å². The van der Waals surface area contributed by atoms with Crippen LogP contribution >= 0.6 is 0 Å². The van der Waals surface area contributed by atoms with Crippen LogP contribution in [0.25, 0.3) is 10.9 Å². The first-order chi connectivity index (χ1) is 8.63. The van der Waals surface area contributed by atoms with Crippen LogP contribution in [0.5, 0.6) is 0 Å². The number of nitrogens with one attached hydrogen (secondary N) is 1. The maximum absolute atomic E-state index is 14.2. The zero-order valence-electron chi connectivity index (χ0n) is 9.87. The molecule has 1 aliphatic rings. The lowest BCUT2D eigenvalue weighted by atomic mass is 9.78. The van der Waals surface area contributed by atoms with E-state index in [4.69, 9.17) is 0 Å². The van der Waals surface area contributed by atoms with Gasteiger partial charge in [-0.3, -0.25) is 4.79 Å². The molecule has 1 aromatic heterocycles. The number of H-pyrrole nitrogens is 1. The van der Waals surface area contributed by atoms with Gasteiger partial charge < -0.3 is 10.1 Å². The lowest BCUT2D eigenvalue weighted by molar-refractivity contribution is -0.143. The number of hydrogen-bond donors (Lipinski definition) is 2. The lowest BCUT2D eigenvalue weighted by Crippen LogP contribution is -2.33. The summed E-state index contributed by atoms with van der Waals surface area (Å²) in [6.07, 6.45) is 4.45. The molecule has 1 fully saturated rings. The molecule has 1 saturated carbocycles. The summed E-state index contributed by atoms with van der Waals surface area (Å²) < 4.78 is 14.2. The van der Waals surface area contributed by atoms with Crippen molar-refractivity contribution in [3.8, 4) is 0 Å². The number of benzene rings is 1. The van der Waals surface area contributed by atoms with Gasteiger partial charge >= 0.3 is 5.97 Å². The minimum absolute atomic E-state index is 0.322. The van der Waals surface area contributed by atoms with Crippen molar-refractivity contribution in [1.82, 2.24) is 4.98 Å². The Bertz CT molecular complexity index is 611. The Kier molecular flexibility index (Phi) is 2.40. The van der Waals surface area contributed by atoms with E-state index in [1.165, 1.54) is 6.07 Å². The zero-order valence-corrected chi connectivity index (χ0v) is 9.87. The monoisotopic (exact) mass is 247 g/mol. The fourth-order valence-electron chi connectivity index (χ4n) is 3.02. The van der Waals surface area contributed by atoms with Crippen molar-refractivity contribution in [1.29, 1.82) is 0 Å². The van der Waals surface area contributed by atoms with Crippen LogP contribution in [0.2, 0.25) is 0 Å². The normalized spacial score (nSPS) is 18.3. The molecule has 2 aromatic rings. The number of carboxylic acids is 1. The first kappa shape index (κ1) is 11.3. The van der Waals surface area contributed by atoms with E-state index in [9.17, 15) is 14.3 Å². The average molecular weight is 247 g/mol. The molecule has 3 nitrogen and oxygen atoms in total. The summed E-state index contributed by atoms with van der Waals surface area (Å²) in [6, 6.07) is 4.86. The fourth-order valence-corrected chi connectivity index (χ4v) is 3.02. The zero-order chi connectivity index (χ0) is 12.8. The van der Waals surface area contributed by atoms with Gasteiger partial charge in [0.25, 0.3) is 0 Å². The van der Waals surface area contributed by atoms with Gasteiger partial charge in [0.1, 0.15) is 5.82 Å². The fraction of sp³-hybridized carbons (Fsp3) is 0.357. The summed E-state index contributed by atoms with van der Waals surface area (Å²) in [5, 5.41) is 10.3. The molecule has 94 valence electrons. The summed E-state index contributed by atoms with van der Waals surface area (Å²) >= 11 is 0. The number of halogens is 1. The van der Waals surface area contributed by atoms with Gasteiger partial charge in [-0.15, -0.1) is 0 Å². The lowest BCUT2D eigenvalue weighted by Gasteiger charge is -2.24. The number of aromatic amines is 1. The summed E-state index contributed by atoms with van der Waals surface area (Å²) in [7, 11) is 0. The van der Waals surface area contributed by atoms with E-state index in [2.05, 4.69) is 4.98 Å². The highest BCUT2D eigenvalue weighted by atomic mass is 19.1. The number of carboxylic acid groups (broad SMARTS) is 1. The van der Waals surface area contributed by atoms with Gasteiger partial charge in [-0.1, -0.05) is 12.8 Å². The highest BCUT2D eigenvalue weighted by Crippen LogP contribution is 2.43. The van der Waals surface area contributed by atoms with E-state index in [0.29, 0.717) is 18.4 Å². The maximum atomic E-state index is 14.2. The molecule has 1 aromatic carbocycles. The van der Waals surface area contributed by atoms with E-state index in [-0.39, 0.29) is 0 Å².